The number of aliphatic hydroxyl groups excluding tert-OH is 1. The number of aryl methyl sites for hydroxylation is 2. The third-order valence-corrected chi connectivity index (χ3v) is 3.60. The Hall–Kier alpha value is -1.29. The molecular weight excluding hydrogens is 218 g/mol. The van der Waals surface area contributed by atoms with Gasteiger partial charge in [0.25, 0.3) is 5.91 Å². The molecular formula is C13H19NO3. The van der Waals surface area contributed by atoms with Gasteiger partial charge >= 0.3 is 0 Å². The topological polar surface area (TPSA) is 53.7 Å². The third-order valence-electron chi connectivity index (χ3n) is 3.60. The molecule has 2 heterocycles. The number of hydrogen-bond acceptors (Lipinski definition) is 3. The van der Waals surface area contributed by atoms with Crippen LogP contribution in [0.25, 0.3) is 0 Å². The molecule has 1 fully saturated rings. The lowest BCUT2D eigenvalue weighted by Gasteiger charge is -2.24. The van der Waals surface area contributed by atoms with Gasteiger partial charge in [0, 0.05) is 6.54 Å². The van der Waals surface area contributed by atoms with Crippen LogP contribution in [0.1, 0.15) is 35.2 Å². The van der Waals surface area contributed by atoms with Gasteiger partial charge in [0.2, 0.25) is 0 Å². The summed E-state index contributed by atoms with van der Waals surface area (Å²) in [5, 5.41) is 9.36. The molecule has 1 aromatic heterocycles. The highest BCUT2D eigenvalue weighted by molar-refractivity contribution is 5.95. The van der Waals surface area contributed by atoms with Crippen LogP contribution in [0.3, 0.4) is 0 Å². The molecule has 2 atom stereocenters. The number of aliphatic hydroxyl groups is 1. The third kappa shape index (κ3) is 2.09. The molecule has 1 saturated heterocycles. The lowest BCUT2D eigenvalue weighted by atomic mass is 10.0. The Morgan fingerprint density at radius 1 is 1.59 bits per heavy atom. The monoisotopic (exact) mass is 237 g/mol. The van der Waals surface area contributed by atoms with E-state index in [0.717, 1.165) is 18.7 Å². The van der Waals surface area contributed by atoms with Gasteiger partial charge < -0.3 is 14.4 Å². The summed E-state index contributed by atoms with van der Waals surface area (Å²) in [5.41, 5.74) is 0.620. The molecule has 4 nitrogen and oxygen atoms in total. The van der Waals surface area contributed by atoms with Crippen LogP contribution >= 0.6 is 0 Å². The van der Waals surface area contributed by atoms with Crippen molar-refractivity contribution in [1.82, 2.24) is 4.90 Å². The smallest absolute Gasteiger partial charge is 0.257 e. The van der Waals surface area contributed by atoms with Crippen molar-refractivity contribution in [2.45, 2.75) is 33.2 Å². The molecule has 1 aliphatic heterocycles. The Bertz CT molecular complexity index is 424. The number of hydrogen-bond donors (Lipinski definition) is 1. The van der Waals surface area contributed by atoms with E-state index in [1.54, 1.807) is 17.9 Å². The van der Waals surface area contributed by atoms with E-state index in [0.29, 0.717) is 17.2 Å². The van der Waals surface area contributed by atoms with Crippen LogP contribution in [0, 0.1) is 19.8 Å². The lowest BCUT2D eigenvalue weighted by Crippen LogP contribution is -2.39. The molecule has 17 heavy (non-hydrogen) atoms. The van der Waals surface area contributed by atoms with E-state index >= 15 is 0 Å². The average molecular weight is 237 g/mol. The second kappa shape index (κ2) is 4.53. The Kier molecular flexibility index (Phi) is 3.24. The maximum absolute atomic E-state index is 12.4. The van der Waals surface area contributed by atoms with E-state index in [1.165, 1.54) is 0 Å². The Balaban J connectivity index is 2.23. The molecule has 2 unspecified atom stereocenters. The summed E-state index contributed by atoms with van der Waals surface area (Å²) >= 11 is 0. The minimum atomic E-state index is -0.0582. The first-order valence-corrected chi connectivity index (χ1v) is 6.03. The van der Waals surface area contributed by atoms with Crippen molar-refractivity contribution in [2.75, 3.05) is 13.2 Å². The van der Waals surface area contributed by atoms with Gasteiger partial charge in [0.05, 0.1) is 18.2 Å². The number of carbonyl (C=O) groups is 1. The first-order chi connectivity index (χ1) is 8.04. The van der Waals surface area contributed by atoms with E-state index in [2.05, 4.69) is 6.92 Å². The predicted octanol–water partition coefficient (Wildman–Crippen LogP) is 1.74. The highest BCUT2D eigenvalue weighted by Crippen LogP contribution is 2.26. The number of furan rings is 1. The van der Waals surface area contributed by atoms with Gasteiger partial charge in [-0.3, -0.25) is 4.79 Å². The molecule has 0 aliphatic carbocycles. The van der Waals surface area contributed by atoms with E-state index in [9.17, 15) is 9.90 Å². The van der Waals surface area contributed by atoms with Crippen molar-refractivity contribution in [2.24, 2.45) is 5.92 Å². The van der Waals surface area contributed by atoms with Crippen molar-refractivity contribution < 1.29 is 14.3 Å². The zero-order valence-corrected chi connectivity index (χ0v) is 10.6. The molecule has 0 bridgehead atoms. The molecule has 94 valence electrons. The largest absolute Gasteiger partial charge is 0.466 e. The van der Waals surface area contributed by atoms with Crippen molar-refractivity contribution in [3.05, 3.63) is 23.2 Å². The molecule has 0 saturated carbocycles. The SMILES string of the molecule is Cc1cc(C(=O)N2CCC(C)C2CO)c(C)o1. The van der Waals surface area contributed by atoms with Crippen LogP contribution < -0.4 is 0 Å². The molecule has 1 aliphatic rings. The second-order valence-electron chi connectivity index (χ2n) is 4.84. The molecule has 2 rings (SSSR count). The van der Waals surface area contributed by atoms with Gasteiger partial charge in [-0.2, -0.15) is 0 Å². The van der Waals surface area contributed by atoms with Crippen molar-refractivity contribution in [3.63, 3.8) is 0 Å². The Labute approximate surface area is 101 Å². The first-order valence-electron chi connectivity index (χ1n) is 6.03. The fourth-order valence-electron chi connectivity index (χ4n) is 2.54. The van der Waals surface area contributed by atoms with Crippen LogP contribution in [-0.4, -0.2) is 35.1 Å². The first kappa shape index (κ1) is 12.2. The average Bonchev–Trinajstić information content (AvgIpc) is 2.80. The van der Waals surface area contributed by atoms with Gasteiger partial charge in [-0.05, 0) is 32.3 Å². The second-order valence-corrected chi connectivity index (χ2v) is 4.84. The van der Waals surface area contributed by atoms with Gasteiger partial charge in [-0.15, -0.1) is 0 Å². The minimum Gasteiger partial charge on any atom is -0.466 e. The number of amides is 1. The van der Waals surface area contributed by atoms with Crippen molar-refractivity contribution in [3.8, 4) is 0 Å². The fraction of sp³-hybridized carbons (Fsp3) is 0.615. The highest BCUT2D eigenvalue weighted by Gasteiger charge is 2.35. The fourth-order valence-corrected chi connectivity index (χ4v) is 2.54. The van der Waals surface area contributed by atoms with Crippen molar-refractivity contribution >= 4 is 5.91 Å². The number of nitrogens with zero attached hydrogens (tertiary/aromatic N) is 1. The van der Waals surface area contributed by atoms with E-state index in [1.807, 2.05) is 6.92 Å². The van der Waals surface area contributed by atoms with E-state index in [4.69, 9.17) is 4.42 Å². The highest BCUT2D eigenvalue weighted by atomic mass is 16.3. The standard InChI is InChI=1S/C13H19NO3/c1-8-4-5-14(12(8)7-15)13(16)11-6-9(2)17-10(11)3/h6,8,12,15H,4-5,7H2,1-3H3. The summed E-state index contributed by atoms with van der Waals surface area (Å²) in [6.45, 7) is 6.45. The zero-order chi connectivity index (χ0) is 12.6. The normalized spacial score (nSPS) is 24.4. The van der Waals surface area contributed by atoms with Crippen molar-refractivity contribution in [1.29, 1.82) is 0 Å². The van der Waals surface area contributed by atoms with E-state index in [-0.39, 0.29) is 18.6 Å². The van der Waals surface area contributed by atoms with Crippen LogP contribution in [0.2, 0.25) is 0 Å². The van der Waals surface area contributed by atoms with Crippen LogP contribution in [-0.2, 0) is 0 Å². The van der Waals surface area contributed by atoms with Crippen LogP contribution in [0.15, 0.2) is 10.5 Å². The van der Waals surface area contributed by atoms with E-state index < -0.39 is 0 Å². The molecule has 0 spiro atoms. The number of likely N-dealkylation sites (tertiary alicyclic amines) is 1. The van der Waals surface area contributed by atoms with Gasteiger partial charge in [-0.25, -0.2) is 0 Å². The maximum Gasteiger partial charge on any atom is 0.257 e. The summed E-state index contributed by atoms with van der Waals surface area (Å²) in [6, 6.07) is 1.71. The summed E-state index contributed by atoms with van der Waals surface area (Å²) in [5.74, 6) is 1.74. The molecule has 1 amide bonds. The summed E-state index contributed by atoms with van der Waals surface area (Å²) in [7, 11) is 0. The maximum atomic E-state index is 12.4. The number of carbonyl (C=O) groups excluding carboxylic acids is 1. The molecule has 1 aromatic rings. The van der Waals surface area contributed by atoms with Gasteiger partial charge in [0.1, 0.15) is 11.5 Å². The predicted molar refractivity (Wildman–Crippen MR) is 63.9 cm³/mol. The molecule has 0 aromatic carbocycles. The van der Waals surface area contributed by atoms with Gasteiger partial charge in [-0.1, -0.05) is 6.92 Å². The molecule has 0 radical (unpaired) electrons. The quantitative estimate of drug-likeness (QED) is 0.852. The van der Waals surface area contributed by atoms with Crippen LogP contribution in [0.4, 0.5) is 0 Å². The molecule has 1 N–H and O–H groups in total. The van der Waals surface area contributed by atoms with Gasteiger partial charge in [0.15, 0.2) is 0 Å². The minimum absolute atomic E-state index is 0.0252. The van der Waals surface area contributed by atoms with Crippen LogP contribution in [0.5, 0.6) is 0 Å². The molecule has 4 heteroatoms. The summed E-state index contributed by atoms with van der Waals surface area (Å²) < 4.78 is 5.38. The summed E-state index contributed by atoms with van der Waals surface area (Å²) in [6.07, 6.45) is 0.951. The summed E-state index contributed by atoms with van der Waals surface area (Å²) in [4.78, 5) is 14.1. The Morgan fingerprint density at radius 2 is 2.29 bits per heavy atom. The zero-order valence-electron chi connectivity index (χ0n) is 10.6. The number of rotatable bonds is 2. The lowest BCUT2D eigenvalue weighted by molar-refractivity contribution is 0.0646. The Morgan fingerprint density at radius 3 is 2.82 bits per heavy atom.